The van der Waals surface area contributed by atoms with Gasteiger partial charge in [0.2, 0.25) is 0 Å². The third kappa shape index (κ3) is 20.7. The molecule has 0 nitrogen and oxygen atoms in total. The fourth-order valence-electron chi connectivity index (χ4n) is 15.6. The first-order valence-corrected chi connectivity index (χ1v) is 37.9. The normalized spacial score (nSPS) is 26.8. The Bertz CT molecular complexity index is 2720. The van der Waals surface area contributed by atoms with E-state index in [1.807, 2.05) is 0 Å². The molecule has 458 valence electrons. The Morgan fingerprint density at radius 1 is 0.393 bits per heavy atom. The molecule has 0 spiro atoms. The van der Waals surface area contributed by atoms with Crippen molar-refractivity contribution in [2.75, 3.05) is 0 Å². The third-order valence-corrected chi connectivity index (χ3v) is 20.6. The summed E-state index contributed by atoms with van der Waals surface area (Å²) in [5, 5.41) is 0. The molecule has 0 saturated heterocycles. The number of rotatable bonds is 10. The van der Waals surface area contributed by atoms with Gasteiger partial charge in [-0.25, -0.2) is 39.5 Å². The SMILES string of the molecule is CCCC1CCC2CC(c3cc(F)c(-c4ccc(F)c(F)c4)c(F)c3)CCC2C1.CCCC1CCC2CC(c3cc(F)c(I)c(F)c3)CCC2C1.CCCC1CCC2CC(c3cc(F)cc(F)c3)CCC2C1.Fc1c[c-]ccc1F.II.[Br-].[Mg+2]. The molecule has 6 aliphatic carbocycles. The number of hydrogen-bond donors (Lipinski definition) is 0. The Kier molecular flexibility index (Phi) is 32.1. The maximum absolute atomic E-state index is 14.8. The van der Waals surface area contributed by atoms with Crippen molar-refractivity contribution in [2.45, 2.75) is 193 Å². The predicted octanol–water partition coefficient (Wildman–Crippen LogP) is 20.9. The molecule has 0 N–H and O–H groups in total. The number of benzene rings is 5. The van der Waals surface area contributed by atoms with Gasteiger partial charge >= 0.3 is 23.1 Å². The summed E-state index contributed by atoms with van der Waals surface area (Å²) in [6.45, 7) is 6.81. The summed E-state index contributed by atoms with van der Waals surface area (Å²) < 4.78 is 135. The van der Waals surface area contributed by atoms with E-state index < -0.39 is 58.2 Å². The molecule has 12 unspecified atom stereocenters. The monoisotopic (exact) mass is 1580 g/mol. The van der Waals surface area contributed by atoms with E-state index in [1.54, 1.807) is 34.7 Å². The fraction of sp³-hybridized carbons (Fsp3) is 0.565. The minimum atomic E-state index is -1.11. The molecule has 0 radical (unpaired) electrons. The maximum atomic E-state index is 14.8. The van der Waals surface area contributed by atoms with E-state index in [0.717, 1.165) is 134 Å². The molecule has 11 rings (SSSR count). The molecule has 5 aromatic rings. The van der Waals surface area contributed by atoms with Crippen LogP contribution in [0.15, 0.2) is 78.9 Å². The number of halogens is 14. The van der Waals surface area contributed by atoms with E-state index in [9.17, 15) is 43.9 Å². The molecule has 84 heavy (non-hydrogen) atoms. The molecule has 0 heterocycles. The van der Waals surface area contributed by atoms with Crippen LogP contribution in [-0.4, -0.2) is 23.1 Å². The first kappa shape index (κ1) is 73.6. The predicted molar refractivity (Wildman–Crippen MR) is 344 cm³/mol. The molecular formula is C69H82BrF10I3Mg. The zero-order chi connectivity index (χ0) is 59.0. The quantitative estimate of drug-likeness (QED) is 0.0430. The van der Waals surface area contributed by atoms with E-state index in [0.29, 0.717) is 23.3 Å². The van der Waals surface area contributed by atoms with Crippen LogP contribution in [0.2, 0.25) is 0 Å². The summed E-state index contributed by atoms with van der Waals surface area (Å²) in [5.41, 5.74) is 2.18. The van der Waals surface area contributed by atoms with Gasteiger partial charge in [-0.1, -0.05) is 84.6 Å². The summed E-state index contributed by atoms with van der Waals surface area (Å²) in [7, 11) is 0. The van der Waals surface area contributed by atoms with Gasteiger partial charge in [0.05, 0.1) is 9.13 Å². The second-order valence-corrected chi connectivity index (χ2v) is 25.9. The van der Waals surface area contributed by atoms with Crippen molar-refractivity contribution in [3.8, 4) is 11.1 Å². The van der Waals surface area contributed by atoms with Crippen LogP contribution in [0.1, 0.15) is 209 Å². The van der Waals surface area contributed by atoms with Crippen LogP contribution >= 0.6 is 59.8 Å². The fourth-order valence-corrected chi connectivity index (χ4v) is 16.0. The van der Waals surface area contributed by atoms with Crippen LogP contribution in [-0.2, 0) is 0 Å². The van der Waals surface area contributed by atoms with Crippen molar-refractivity contribution in [1.82, 2.24) is 0 Å². The van der Waals surface area contributed by atoms with Crippen molar-refractivity contribution < 1.29 is 60.9 Å². The third-order valence-electron chi connectivity index (χ3n) is 19.6. The summed E-state index contributed by atoms with van der Waals surface area (Å²) in [5.74, 6) is 1.38. The van der Waals surface area contributed by atoms with Gasteiger partial charge in [-0.15, -0.1) is 12.1 Å². The molecule has 6 aliphatic rings. The molecule has 5 aromatic carbocycles. The van der Waals surface area contributed by atoms with Gasteiger partial charge in [0.15, 0.2) is 11.6 Å². The summed E-state index contributed by atoms with van der Waals surface area (Å²) in [6.07, 6.45) is 29.9. The summed E-state index contributed by atoms with van der Waals surface area (Å²) in [6, 6.07) is 18.6. The molecule has 6 fully saturated rings. The minimum Gasteiger partial charge on any atom is -1.00 e. The molecule has 0 aromatic heterocycles. The minimum absolute atomic E-state index is 0. The molecule has 15 heteroatoms. The van der Waals surface area contributed by atoms with E-state index in [1.165, 1.54) is 146 Å². The Morgan fingerprint density at radius 2 is 0.750 bits per heavy atom. The smallest absolute Gasteiger partial charge is 1.00 e. The van der Waals surface area contributed by atoms with Gasteiger partial charge in [-0.05, 0) is 261 Å². The van der Waals surface area contributed by atoms with Gasteiger partial charge < -0.3 is 17.0 Å². The second kappa shape index (κ2) is 36.6. The van der Waals surface area contributed by atoms with Gasteiger partial charge in [0, 0.05) is 54.9 Å². The van der Waals surface area contributed by atoms with Crippen LogP contribution < -0.4 is 17.0 Å². The topological polar surface area (TPSA) is 0 Å². The summed E-state index contributed by atoms with van der Waals surface area (Å²) >= 11 is 5.99. The van der Waals surface area contributed by atoms with Crippen LogP contribution in [0, 0.1) is 121 Å². The average Bonchev–Trinajstić information content (AvgIpc) is 2.09. The molecule has 6 saturated carbocycles. The van der Waals surface area contributed by atoms with Gasteiger partial charge in [0.1, 0.15) is 34.9 Å². The number of fused-ring (bicyclic) bond motifs is 3. The molecule has 12 atom stereocenters. The van der Waals surface area contributed by atoms with Crippen molar-refractivity contribution in [3.63, 3.8) is 0 Å². The van der Waals surface area contributed by atoms with Crippen LogP contribution in [0.25, 0.3) is 11.1 Å². The molecular weight excluding hydrogens is 1500 g/mol. The largest absolute Gasteiger partial charge is 2.00 e. The Labute approximate surface area is 558 Å². The van der Waals surface area contributed by atoms with Crippen molar-refractivity contribution in [3.05, 3.63) is 163 Å². The molecule has 0 aliphatic heterocycles. The Morgan fingerprint density at radius 3 is 1.11 bits per heavy atom. The Hall–Kier alpha value is -1.16. The van der Waals surface area contributed by atoms with E-state index >= 15 is 0 Å². The average molecular weight is 1590 g/mol. The standard InChI is InChI=1S/C25H28F4.C19H25F2I.C19H26F2.C6H3F2.BrH.I2.Mg/c1-2-3-15-4-5-17-11-18(7-6-16(17)10-15)20-13-23(28)25(24(29)14-20)19-8-9-21(26)22(27)12-19;1-2-3-12-4-5-14-9-15(7-6-13(14)8-12)16-10-17(20)19(22)18(21)11-16;1-2-3-13-4-5-15-9-16(7-6-14(15)8-13)17-10-18(20)12-19(21)11-17;7-5-3-1-2-4-6(5)8;;1-2;/h8-9,12-18H,2-7,10-11H2,1H3;10-15H,2-9H2,1H3;10-16H,2-9H2,1H3;1,3-4H;1H;;/q;;;-1;;;+2/p-1. The van der Waals surface area contributed by atoms with Gasteiger partial charge in [0.25, 0.3) is 0 Å². The molecule has 0 bridgehead atoms. The van der Waals surface area contributed by atoms with E-state index in [2.05, 4.69) is 64.1 Å². The first-order chi connectivity index (χ1) is 39.5. The van der Waals surface area contributed by atoms with Crippen molar-refractivity contribution >= 4 is 82.9 Å². The van der Waals surface area contributed by atoms with Gasteiger partial charge in [-0.3, -0.25) is 4.39 Å². The first-order valence-electron chi connectivity index (χ1n) is 30.5. The number of hydrogen-bond acceptors (Lipinski definition) is 0. The zero-order valence-corrected chi connectivity index (χ0v) is 58.4. The van der Waals surface area contributed by atoms with Gasteiger partial charge in [-0.2, -0.15) is 12.1 Å². The van der Waals surface area contributed by atoms with Crippen molar-refractivity contribution in [2.24, 2.45) is 53.3 Å². The Balaban J connectivity index is 0.000000213. The zero-order valence-electron chi connectivity index (χ0n) is 48.9. The van der Waals surface area contributed by atoms with E-state index in [4.69, 9.17) is 0 Å². The second-order valence-electron chi connectivity index (χ2n) is 24.8. The summed E-state index contributed by atoms with van der Waals surface area (Å²) in [4.78, 5) is 0. The van der Waals surface area contributed by atoms with E-state index in [-0.39, 0.29) is 60.6 Å². The maximum Gasteiger partial charge on any atom is 2.00 e. The molecule has 0 amide bonds. The van der Waals surface area contributed by atoms with Crippen LogP contribution in [0.5, 0.6) is 0 Å². The van der Waals surface area contributed by atoms with Crippen molar-refractivity contribution in [1.29, 1.82) is 0 Å². The van der Waals surface area contributed by atoms with Crippen LogP contribution in [0.3, 0.4) is 0 Å². The van der Waals surface area contributed by atoms with Crippen LogP contribution in [0.4, 0.5) is 43.9 Å².